The quantitative estimate of drug-likeness (QED) is 0.0689. The lowest BCUT2D eigenvalue weighted by Crippen LogP contribution is -2.26. The van der Waals surface area contributed by atoms with Crippen molar-refractivity contribution in [1.29, 1.82) is 0 Å². The molecule has 0 radical (unpaired) electrons. The van der Waals surface area contributed by atoms with Crippen LogP contribution in [0.5, 0.6) is 0 Å². The van der Waals surface area contributed by atoms with Crippen molar-refractivity contribution in [2.45, 2.75) is 212 Å². The van der Waals surface area contributed by atoms with E-state index in [0.717, 1.165) is 0 Å². The third kappa shape index (κ3) is 25.7. The Morgan fingerprint density at radius 1 is 0.429 bits per heavy atom. The minimum absolute atomic E-state index is 0.00883. The maximum Gasteiger partial charge on any atom is 0.0444 e. The van der Waals surface area contributed by atoms with E-state index in [1.165, 1.54) is 180 Å². The van der Waals surface area contributed by atoms with Gasteiger partial charge in [0.2, 0.25) is 0 Å². The van der Waals surface area contributed by atoms with Gasteiger partial charge in [0.05, 0.1) is 0 Å². The van der Waals surface area contributed by atoms with Crippen LogP contribution in [0.3, 0.4) is 0 Å². The maximum atomic E-state index is 6.98. The summed E-state index contributed by atoms with van der Waals surface area (Å²) in [4.78, 5) is 0.00883. The minimum Gasteiger partial charge on any atom is -0.119 e. The van der Waals surface area contributed by atoms with Crippen LogP contribution in [0, 0.1) is 5.92 Å². The Hall–Kier alpha value is 0.290. The number of hydrogen-bond donors (Lipinski definition) is 0. The molecular weight excluding hydrogens is 444 g/mol. The van der Waals surface area contributed by atoms with Crippen LogP contribution in [-0.4, -0.2) is 4.87 Å². The molecule has 0 heterocycles. The molecular formula is C34H69Cl. The van der Waals surface area contributed by atoms with Gasteiger partial charge in [-0.1, -0.05) is 188 Å². The predicted molar refractivity (Wildman–Crippen MR) is 164 cm³/mol. The molecule has 0 saturated heterocycles. The third-order valence-corrected chi connectivity index (χ3v) is 9.10. The highest BCUT2D eigenvalue weighted by Gasteiger charge is 2.27. The molecule has 0 bridgehead atoms. The Morgan fingerprint density at radius 3 is 1.00 bits per heavy atom. The van der Waals surface area contributed by atoms with Gasteiger partial charge in [0.1, 0.15) is 0 Å². The SMILES string of the molecule is CCCCCCCCCCCCCCCCC(C)(Cl)C(C)CCCCCCCCCCCCCC. The zero-order chi connectivity index (χ0) is 25.9. The van der Waals surface area contributed by atoms with Crippen molar-refractivity contribution in [2.75, 3.05) is 0 Å². The van der Waals surface area contributed by atoms with E-state index < -0.39 is 0 Å². The van der Waals surface area contributed by atoms with Crippen LogP contribution in [0.4, 0.5) is 0 Å². The fourth-order valence-corrected chi connectivity index (χ4v) is 5.75. The normalized spacial score (nSPS) is 14.3. The van der Waals surface area contributed by atoms with E-state index in [-0.39, 0.29) is 4.87 Å². The molecule has 0 saturated carbocycles. The largest absolute Gasteiger partial charge is 0.119 e. The minimum atomic E-state index is 0.00883. The Kier molecular flexibility index (Phi) is 27.6. The zero-order valence-electron chi connectivity index (χ0n) is 25.3. The molecule has 0 fully saturated rings. The number of hydrogen-bond acceptors (Lipinski definition) is 0. The van der Waals surface area contributed by atoms with Crippen molar-refractivity contribution in [3.8, 4) is 0 Å². The summed E-state index contributed by atoms with van der Waals surface area (Å²) in [6, 6.07) is 0. The molecule has 0 rings (SSSR count). The van der Waals surface area contributed by atoms with Crippen molar-refractivity contribution < 1.29 is 0 Å². The van der Waals surface area contributed by atoms with Crippen molar-refractivity contribution in [3.63, 3.8) is 0 Å². The Bertz CT molecular complexity index is 388. The van der Waals surface area contributed by atoms with Gasteiger partial charge in [-0.2, -0.15) is 0 Å². The average Bonchev–Trinajstić information content (AvgIpc) is 2.84. The molecule has 0 amide bonds. The Balaban J connectivity index is 3.43. The smallest absolute Gasteiger partial charge is 0.0444 e. The van der Waals surface area contributed by atoms with E-state index >= 15 is 0 Å². The summed E-state index contributed by atoms with van der Waals surface area (Å²) in [6.45, 7) is 9.31. The summed E-state index contributed by atoms with van der Waals surface area (Å²) in [5.41, 5.74) is 0. The van der Waals surface area contributed by atoms with Crippen LogP contribution in [0.15, 0.2) is 0 Å². The lowest BCUT2D eigenvalue weighted by Gasteiger charge is -2.29. The van der Waals surface area contributed by atoms with Gasteiger partial charge >= 0.3 is 0 Å². The maximum absolute atomic E-state index is 6.98. The van der Waals surface area contributed by atoms with E-state index in [0.29, 0.717) is 5.92 Å². The van der Waals surface area contributed by atoms with Crippen LogP contribution < -0.4 is 0 Å². The van der Waals surface area contributed by atoms with Gasteiger partial charge < -0.3 is 0 Å². The number of unbranched alkanes of at least 4 members (excludes halogenated alkanes) is 24. The second kappa shape index (κ2) is 27.3. The second-order valence-electron chi connectivity index (χ2n) is 12.2. The van der Waals surface area contributed by atoms with Crippen LogP contribution in [0.1, 0.15) is 207 Å². The summed E-state index contributed by atoms with van der Waals surface area (Å²) in [5.74, 6) is 0.647. The molecule has 0 N–H and O–H groups in total. The molecule has 2 unspecified atom stereocenters. The van der Waals surface area contributed by atoms with Gasteiger partial charge in [0.25, 0.3) is 0 Å². The van der Waals surface area contributed by atoms with Crippen LogP contribution in [-0.2, 0) is 0 Å². The monoisotopic (exact) mass is 513 g/mol. The predicted octanol–water partition coefficient (Wildman–Crippen LogP) is 13.6. The Morgan fingerprint density at radius 2 is 0.686 bits per heavy atom. The van der Waals surface area contributed by atoms with Gasteiger partial charge in [-0.05, 0) is 25.7 Å². The molecule has 1 heteroatoms. The topological polar surface area (TPSA) is 0 Å². The van der Waals surface area contributed by atoms with Gasteiger partial charge in [0, 0.05) is 4.87 Å². The number of halogens is 1. The van der Waals surface area contributed by atoms with Crippen LogP contribution in [0.2, 0.25) is 0 Å². The molecule has 0 spiro atoms. The molecule has 212 valence electrons. The van der Waals surface area contributed by atoms with Gasteiger partial charge in [0.15, 0.2) is 0 Å². The summed E-state index contributed by atoms with van der Waals surface area (Å²) < 4.78 is 0. The van der Waals surface area contributed by atoms with E-state index in [1.54, 1.807) is 0 Å². The first-order chi connectivity index (χ1) is 17.0. The van der Waals surface area contributed by atoms with Gasteiger partial charge in [-0.3, -0.25) is 0 Å². The second-order valence-corrected chi connectivity index (χ2v) is 13.1. The zero-order valence-corrected chi connectivity index (χ0v) is 26.0. The lowest BCUT2D eigenvalue weighted by atomic mass is 9.85. The van der Waals surface area contributed by atoms with E-state index in [4.69, 9.17) is 11.6 Å². The number of rotatable bonds is 29. The standard InChI is InChI=1S/C34H69Cl/c1-5-7-9-11-13-15-17-19-20-22-24-26-28-30-32-34(4,35)33(3)31-29-27-25-23-21-18-16-14-12-10-8-6-2/h33H,5-32H2,1-4H3. The lowest BCUT2D eigenvalue weighted by molar-refractivity contribution is 0.350. The molecule has 2 atom stereocenters. The highest BCUT2D eigenvalue weighted by atomic mass is 35.5. The number of alkyl halides is 1. The molecule has 0 aromatic heterocycles. The fraction of sp³-hybridized carbons (Fsp3) is 1.00. The van der Waals surface area contributed by atoms with Crippen LogP contribution >= 0.6 is 11.6 Å². The van der Waals surface area contributed by atoms with Gasteiger partial charge in [-0.15, -0.1) is 11.6 Å². The molecule has 0 nitrogen and oxygen atoms in total. The average molecular weight is 513 g/mol. The summed E-state index contributed by atoms with van der Waals surface area (Å²) in [6.07, 6.45) is 39.7. The highest BCUT2D eigenvalue weighted by Crippen LogP contribution is 2.34. The Labute approximate surface area is 229 Å². The van der Waals surface area contributed by atoms with Crippen molar-refractivity contribution in [3.05, 3.63) is 0 Å². The summed E-state index contributed by atoms with van der Waals surface area (Å²) in [7, 11) is 0. The molecule has 35 heavy (non-hydrogen) atoms. The molecule has 0 aromatic carbocycles. The van der Waals surface area contributed by atoms with Crippen molar-refractivity contribution in [1.82, 2.24) is 0 Å². The highest BCUT2D eigenvalue weighted by molar-refractivity contribution is 6.23. The van der Waals surface area contributed by atoms with E-state index in [2.05, 4.69) is 27.7 Å². The molecule has 0 aromatic rings. The van der Waals surface area contributed by atoms with Crippen molar-refractivity contribution in [2.24, 2.45) is 5.92 Å². The molecule has 0 aliphatic carbocycles. The summed E-state index contributed by atoms with van der Waals surface area (Å²) in [5, 5.41) is 0. The van der Waals surface area contributed by atoms with Crippen molar-refractivity contribution >= 4 is 11.6 Å². The molecule has 0 aliphatic heterocycles. The van der Waals surface area contributed by atoms with Crippen LogP contribution in [0.25, 0.3) is 0 Å². The van der Waals surface area contributed by atoms with E-state index in [1.807, 2.05) is 0 Å². The van der Waals surface area contributed by atoms with Gasteiger partial charge in [-0.25, -0.2) is 0 Å². The third-order valence-electron chi connectivity index (χ3n) is 8.54. The summed E-state index contributed by atoms with van der Waals surface area (Å²) >= 11 is 6.98. The molecule has 0 aliphatic rings. The first-order valence-electron chi connectivity index (χ1n) is 16.7. The first kappa shape index (κ1) is 35.3. The van der Waals surface area contributed by atoms with E-state index in [9.17, 15) is 0 Å². The fourth-order valence-electron chi connectivity index (χ4n) is 5.50. The first-order valence-corrected chi connectivity index (χ1v) is 17.1.